The summed E-state index contributed by atoms with van der Waals surface area (Å²) in [7, 11) is 0. The molecular weight excluding hydrogens is 252 g/mol. The molecule has 2 heteroatoms. The van der Waals surface area contributed by atoms with Crippen molar-refractivity contribution in [3.8, 4) is 0 Å². The average Bonchev–Trinajstić information content (AvgIpc) is 3.14. The lowest BCUT2D eigenvalue weighted by molar-refractivity contribution is 0.0510. The van der Waals surface area contributed by atoms with E-state index in [1.54, 1.807) is 5.56 Å². The van der Waals surface area contributed by atoms with Crippen molar-refractivity contribution in [1.82, 2.24) is 0 Å². The molecule has 102 valence electrons. The summed E-state index contributed by atoms with van der Waals surface area (Å²) in [5.74, 6) is 3.62. The second-order valence-electron chi connectivity index (χ2n) is 6.85. The Morgan fingerprint density at radius 2 is 2.16 bits per heavy atom. The van der Waals surface area contributed by atoms with E-state index in [9.17, 15) is 5.11 Å². The fraction of sp³-hybridized carbons (Fsp3) is 0.647. The molecule has 1 N–H and O–H groups in total. The number of aliphatic hydroxyl groups excluding tert-OH is 1. The number of aliphatic hydroxyl groups is 1. The Hall–Kier alpha value is -0.470. The Balaban J connectivity index is 1.59. The van der Waals surface area contributed by atoms with Gasteiger partial charge >= 0.3 is 0 Å². The van der Waals surface area contributed by atoms with E-state index < -0.39 is 0 Å². The van der Waals surface area contributed by atoms with Crippen LogP contribution < -0.4 is 0 Å². The highest BCUT2D eigenvalue weighted by Crippen LogP contribution is 2.60. The van der Waals surface area contributed by atoms with E-state index >= 15 is 0 Å². The maximum Gasteiger partial charge on any atom is 0.0490 e. The molecule has 0 radical (unpaired) electrons. The van der Waals surface area contributed by atoms with Gasteiger partial charge in [-0.3, -0.25) is 0 Å². The lowest BCUT2D eigenvalue weighted by atomic mass is 9.68. The van der Waals surface area contributed by atoms with Crippen LogP contribution in [-0.2, 0) is 0 Å². The Kier molecular flexibility index (Phi) is 2.93. The van der Waals surface area contributed by atoms with Crippen LogP contribution in [0.2, 0.25) is 0 Å². The number of benzene rings is 1. The van der Waals surface area contributed by atoms with Crippen LogP contribution in [0.3, 0.4) is 0 Å². The highest BCUT2D eigenvalue weighted by molar-refractivity contribution is 7.99. The first-order valence-electron chi connectivity index (χ1n) is 7.63. The fourth-order valence-electron chi connectivity index (χ4n) is 4.96. The molecule has 1 aliphatic heterocycles. The third-order valence-corrected chi connectivity index (χ3v) is 7.12. The number of hydrogen-bond donors (Lipinski definition) is 1. The minimum Gasteiger partial charge on any atom is -0.396 e. The molecule has 2 saturated carbocycles. The van der Waals surface area contributed by atoms with Crippen LogP contribution in [0, 0.1) is 17.3 Å². The maximum atomic E-state index is 10.0. The van der Waals surface area contributed by atoms with E-state index in [-0.39, 0.29) is 5.41 Å². The largest absolute Gasteiger partial charge is 0.396 e. The number of thioether (sulfide) groups is 1. The van der Waals surface area contributed by atoms with Gasteiger partial charge in [-0.25, -0.2) is 0 Å². The molecule has 4 unspecified atom stereocenters. The first-order valence-corrected chi connectivity index (χ1v) is 8.62. The third kappa shape index (κ3) is 1.87. The van der Waals surface area contributed by atoms with Gasteiger partial charge in [-0.2, -0.15) is 0 Å². The summed E-state index contributed by atoms with van der Waals surface area (Å²) >= 11 is 2.01. The Morgan fingerprint density at radius 1 is 1.26 bits per heavy atom. The average molecular weight is 274 g/mol. The minimum absolute atomic E-state index is 0.256. The topological polar surface area (TPSA) is 20.2 Å². The summed E-state index contributed by atoms with van der Waals surface area (Å²) in [6.07, 6.45) is 6.68. The molecule has 1 nitrogen and oxygen atoms in total. The predicted molar refractivity (Wildman–Crippen MR) is 79.5 cm³/mol. The van der Waals surface area contributed by atoms with Crippen molar-refractivity contribution in [2.24, 2.45) is 17.3 Å². The van der Waals surface area contributed by atoms with Crippen molar-refractivity contribution >= 4 is 11.8 Å². The van der Waals surface area contributed by atoms with Crippen molar-refractivity contribution in [1.29, 1.82) is 0 Å². The van der Waals surface area contributed by atoms with E-state index in [4.69, 9.17) is 0 Å². The van der Waals surface area contributed by atoms with Gasteiger partial charge in [-0.05, 0) is 60.5 Å². The van der Waals surface area contributed by atoms with Gasteiger partial charge in [0.1, 0.15) is 0 Å². The maximum absolute atomic E-state index is 10.0. The Morgan fingerprint density at radius 3 is 2.89 bits per heavy atom. The van der Waals surface area contributed by atoms with E-state index in [2.05, 4.69) is 24.3 Å². The van der Waals surface area contributed by atoms with Crippen LogP contribution in [0.25, 0.3) is 0 Å². The lowest BCUT2D eigenvalue weighted by Gasteiger charge is -2.38. The van der Waals surface area contributed by atoms with Crippen LogP contribution >= 0.6 is 11.8 Å². The van der Waals surface area contributed by atoms with Gasteiger partial charge in [0.15, 0.2) is 0 Å². The van der Waals surface area contributed by atoms with Crippen molar-refractivity contribution in [3.63, 3.8) is 0 Å². The van der Waals surface area contributed by atoms with E-state index in [0.717, 1.165) is 11.8 Å². The molecule has 4 atom stereocenters. The van der Waals surface area contributed by atoms with Crippen LogP contribution in [0.5, 0.6) is 0 Å². The van der Waals surface area contributed by atoms with E-state index in [1.165, 1.54) is 42.8 Å². The van der Waals surface area contributed by atoms with Gasteiger partial charge in [-0.1, -0.05) is 24.6 Å². The Labute approximate surface area is 119 Å². The predicted octanol–water partition coefficient (Wildman–Crippen LogP) is 4.06. The van der Waals surface area contributed by atoms with E-state index in [0.29, 0.717) is 12.5 Å². The number of fused-ring (bicyclic) bond motifs is 3. The molecule has 2 aliphatic carbocycles. The zero-order chi connectivity index (χ0) is 12.9. The first kappa shape index (κ1) is 12.3. The highest BCUT2D eigenvalue weighted by atomic mass is 32.2. The van der Waals surface area contributed by atoms with Gasteiger partial charge in [0.2, 0.25) is 0 Å². The molecule has 0 saturated heterocycles. The van der Waals surface area contributed by atoms with Crippen LogP contribution in [0.1, 0.15) is 43.6 Å². The first-order chi connectivity index (χ1) is 9.31. The van der Waals surface area contributed by atoms with Crippen molar-refractivity contribution < 1.29 is 5.11 Å². The van der Waals surface area contributed by atoms with Crippen LogP contribution in [-0.4, -0.2) is 17.5 Å². The van der Waals surface area contributed by atoms with Crippen molar-refractivity contribution in [2.75, 3.05) is 12.4 Å². The SMILES string of the molecule is OCC1(CC2CSc3ccccc32)CC2CCC1C2. The summed E-state index contributed by atoms with van der Waals surface area (Å²) in [6.45, 7) is 0.414. The summed E-state index contributed by atoms with van der Waals surface area (Å²) in [6, 6.07) is 8.88. The quantitative estimate of drug-likeness (QED) is 0.897. The molecule has 2 bridgehead atoms. The standard InChI is InChI=1S/C17H22OS/c18-11-17(8-12-5-6-14(17)7-12)9-13-10-19-16-4-2-1-3-15(13)16/h1-4,12-14,18H,5-11H2. The smallest absolute Gasteiger partial charge is 0.0490 e. The van der Waals surface area contributed by atoms with Gasteiger partial charge in [0.25, 0.3) is 0 Å². The van der Waals surface area contributed by atoms with Gasteiger partial charge < -0.3 is 5.11 Å². The van der Waals surface area contributed by atoms with Gasteiger partial charge in [-0.15, -0.1) is 11.8 Å². The Bertz CT molecular complexity index is 486. The third-order valence-electron chi connectivity index (χ3n) is 5.87. The molecule has 3 aliphatic rings. The second-order valence-corrected chi connectivity index (χ2v) is 7.91. The summed E-state index contributed by atoms with van der Waals surface area (Å²) in [5.41, 5.74) is 1.80. The van der Waals surface area contributed by atoms with Crippen LogP contribution in [0.4, 0.5) is 0 Å². The monoisotopic (exact) mass is 274 g/mol. The zero-order valence-corrected chi connectivity index (χ0v) is 12.2. The molecule has 0 spiro atoms. The fourth-order valence-corrected chi connectivity index (χ4v) is 6.21. The van der Waals surface area contributed by atoms with E-state index in [1.807, 2.05) is 11.8 Å². The van der Waals surface area contributed by atoms with Gasteiger partial charge in [0, 0.05) is 17.3 Å². The summed E-state index contributed by atoms with van der Waals surface area (Å²) < 4.78 is 0. The molecule has 0 aromatic heterocycles. The molecule has 1 aromatic rings. The molecule has 19 heavy (non-hydrogen) atoms. The molecule has 4 rings (SSSR count). The second kappa shape index (κ2) is 4.53. The lowest BCUT2D eigenvalue weighted by Crippen LogP contribution is -2.33. The summed E-state index contributed by atoms with van der Waals surface area (Å²) in [5, 5.41) is 10.0. The number of hydrogen-bond acceptors (Lipinski definition) is 2. The van der Waals surface area contributed by atoms with Crippen LogP contribution in [0.15, 0.2) is 29.2 Å². The normalized spacial score (nSPS) is 39.7. The number of rotatable bonds is 3. The summed E-state index contributed by atoms with van der Waals surface area (Å²) in [4.78, 5) is 1.48. The minimum atomic E-state index is 0.256. The zero-order valence-electron chi connectivity index (χ0n) is 11.3. The molecular formula is C17H22OS. The van der Waals surface area contributed by atoms with Gasteiger partial charge in [0.05, 0.1) is 0 Å². The molecule has 2 fully saturated rings. The molecule has 0 amide bonds. The highest BCUT2D eigenvalue weighted by Gasteiger charge is 2.51. The molecule has 1 aromatic carbocycles. The van der Waals surface area contributed by atoms with Crippen molar-refractivity contribution in [3.05, 3.63) is 29.8 Å². The molecule has 1 heterocycles. The van der Waals surface area contributed by atoms with Crippen molar-refractivity contribution in [2.45, 2.75) is 42.9 Å².